The van der Waals surface area contributed by atoms with E-state index in [9.17, 15) is 15.0 Å². The number of rotatable bonds is 37. The molecule has 0 fully saturated rings. The predicted molar refractivity (Wildman–Crippen MR) is 202 cm³/mol. The molecule has 0 saturated heterocycles. The van der Waals surface area contributed by atoms with Crippen molar-refractivity contribution in [3.8, 4) is 0 Å². The molecule has 0 rings (SSSR count). The average molecular weight is 648 g/mol. The summed E-state index contributed by atoms with van der Waals surface area (Å²) in [7, 11) is 0. The second-order valence-corrected chi connectivity index (χ2v) is 14.2. The molecule has 4 nitrogen and oxygen atoms in total. The van der Waals surface area contributed by atoms with Gasteiger partial charge in [-0.1, -0.05) is 212 Å². The quantitative estimate of drug-likeness (QED) is 0.0356. The summed E-state index contributed by atoms with van der Waals surface area (Å²) in [6, 6.07) is -0.999. The Hall–Kier alpha value is -0.970. The van der Waals surface area contributed by atoms with Crippen LogP contribution in [0.25, 0.3) is 0 Å². The van der Waals surface area contributed by atoms with Crippen molar-refractivity contribution in [3.63, 3.8) is 0 Å². The molecular formula is C42H81NO3. The number of carbonyl (C=O) groups is 1. The minimum atomic E-state index is -1.37. The third-order valence-corrected chi connectivity index (χ3v) is 9.61. The van der Waals surface area contributed by atoms with Gasteiger partial charge in [0, 0.05) is 0 Å². The summed E-state index contributed by atoms with van der Waals surface area (Å²) in [6.45, 7) is 4.55. The average Bonchev–Trinajstić information content (AvgIpc) is 3.06. The normalized spacial score (nSPS) is 14.0. The summed E-state index contributed by atoms with van der Waals surface area (Å²) in [5.74, 6) is -0.414. The first-order valence-electron chi connectivity index (χ1n) is 20.5. The maximum Gasteiger partial charge on any atom is 0.185 e. The highest BCUT2D eigenvalue weighted by atomic mass is 16.3. The summed E-state index contributed by atoms with van der Waals surface area (Å²) < 4.78 is 0. The van der Waals surface area contributed by atoms with Crippen LogP contribution in [0.2, 0.25) is 0 Å². The van der Waals surface area contributed by atoms with Crippen molar-refractivity contribution >= 4 is 5.78 Å². The standard InChI is InChI=1S/C42H81NO3/c1-3-5-7-9-11-13-15-17-18-19-20-21-22-23-24-26-28-30-32-34-36-38-40(45)42(46)41(43)39(44)37-35-33-31-29-27-25-16-14-12-10-8-6-4-2/h35-39,41-42,44,46H,3-34,43H2,1-2H3/b37-35+,38-36?/t39-,41-,42?/m1/s1. The van der Waals surface area contributed by atoms with Crippen LogP contribution in [0, 0.1) is 0 Å². The van der Waals surface area contributed by atoms with E-state index < -0.39 is 24.0 Å². The maximum absolute atomic E-state index is 12.3. The van der Waals surface area contributed by atoms with Gasteiger partial charge < -0.3 is 15.9 Å². The Morgan fingerprint density at radius 2 is 0.761 bits per heavy atom. The maximum atomic E-state index is 12.3. The molecule has 4 heteroatoms. The molecule has 0 aliphatic carbocycles. The first-order valence-corrected chi connectivity index (χ1v) is 20.5. The van der Waals surface area contributed by atoms with Gasteiger partial charge in [-0.05, 0) is 31.8 Å². The highest BCUT2D eigenvalue weighted by Crippen LogP contribution is 2.16. The number of carbonyl (C=O) groups excluding carboxylic acids is 1. The number of unbranched alkanes of at least 4 members (excludes halogenated alkanes) is 30. The molecule has 0 aliphatic heterocycles. The number of nitrogens with two attached hydrogens (primary N) is 1. The minimum absolute atomic E-state index is 0.414. The Kier molecular flexibility index (Phi) is 36.1. The molecule has 0 spiro atoms. The first kappa shape index (κ1) is 45.0. The van der Waals surface area contributed by atoms with Crippen LogP contribution in [0.5, 0.6) is 0 Å². The van der Waals surface area contributed by atoms with Crippen molar-refractivity contribution in [2.45, 2.75) is 238 Å². The molecule has 46 heavy (non-hydrogen) atoms. The van der Waals surface area contributed by atoms with E-state index in [1.165, 1.54) is 186 Å². The molecule has 0 bridgehead atoms. The molecule has 0 radical (unpaired) electrons. The molecule has 0 saturated carbocycles. The lowest BCUT2D eigenvalue weighted by Gasteiger charge is -2.19. The fraction of sp³-hybridized carbons (Fsp3) is 0.881. The van der Waals surface area contributed by atoms with Crippen LogP contribution in [0.4, 0.5) is 0 Å². The van der Waals surface area contributed by atoms with Crippen LogP contribution in [-0.2, 0) is 4.79 Å². The highest BCUT2D eigenvalue weighted by Gasteiger charge is 2.25. The molecule has 0 aliphatic rings. The zero-order chi connectivity index (χ0) is 33.8. The van der Waals surface area contributed by atoms with E-state index in [1.54, 1.807) is 6.08 Å². The number of hydrogen-bond donors (Lipinski definition) is 3. The van der Waals surface area contributed by atoms with Crippen molar-refractivity contribution in [2.24, 2.45) is 5.73 Å². The van der Waals surface area contributed by atoms with Gasteiger partial charge in [0.25, 0.3) is 0 Å². The third-order valence-electron chi connectivity index (χ3n) is 9.61. The minimum Gasteiger partial charge on any atom is -0.387 e. The first-order chi connectivity index (χ1) is 22.5. The molecule has 1 unspecified atom stereocenters. The highest BCUT2D eigenvalue weighted by molar-refractivity contribution is 5.93. The number of allylic oxidation sites excluding steroid dienone is 2. The molecule has 0 heterocycles. The Morgan fingerprint density at radius 3 is 1.09 bits per heavy atom. The smallest absolute Gasteiger partial charge is 0.185 e. The van der Waals surface area contributed by atoms with Crippen LogP contribution in [-0.4, -0.2) is 34.2 Å². The van der Waals surface area contributed by atoms with E-state index in [-0.39, 0.29) is 0 Å². The molecule has 272 valence electrons. The van der Waals surface area contributed by atoms with Gasteiger partial charge in [0.05, 0.1) is 12.1 Å². The number of aliphatic hydroxyl groups excluding tert-OH is 2. The Labute approximate surface area is 287 Å². The SMILES string of the molecule is CCCCCCCCCCCCC/C=C/[C@@H](O)[C@@H](N)C(O)C(=O)C=CCCCCCCCCCCCCCCCCCCCCC. The van der Waals surface area contributed by atoms with Gasteiger partial charge in [-0.25, -0.2) is 0 Å². The second-order valence-electron chi connectivity index (χ2n) is 14.2. The van der Waals surface area contributed by atoms with Gasteiger partial charge in [0.2, 0.25) is 0 Å². The number of aliphatic hydroxyl groups is 2. The van der Waals surface area contributed by atoms with E-state index >= 15 is 0 Å². The van der Waals surface area contributed by atoms with E-state index in [0.717, 1.165) is 25.7 Å². The van der Waals surface area contributed by atoms with Crippen LogP contribution >= 0.6 is 0 Å². The zero-order valence-corrected chi connectivity index (χ0v) is 31.0. The van der Waals surface area contributed by atoms with Gasteiger partial charge in [-0.15, -0.1) is 0 Å². The van der Waals surface area contributed by atoms with Crippen molar-refractivity contribution in [1.82, 2.24) is 0 Å². The van der Waals surface area contributed by atoms with Gasteiger partial charge in [0.15, 0.2) is 5.78 Å². The zero-order valence-electron chi connectivity index (χ0n) is 31.0. The molecule has 0 aromatic heterocycles. The largest absolute Gasteiger partial charge is 0.387 e. The van der Waals surface area contributed by atoms with Crippen LogP contribution in [0.3, 0.4) is 0 Å². The molecule has 0 amide bonds. The number of ketones is 1. The summed E-state index contributed by atoms with van der Waals surface area (Å²) in [5, 5.41) is 20.6. The summed E-state index contributed by atoms with van der Waals surface area (Å²) in [4.78, 5) is 12.3. The Balaban J connectivity index is 3.60. The molecule has 0 aromatic rings. The fourth-order valence-corrected chi connectivity index (χ4v) is 6.31. The molecule has 4 N–H and O–H groups in total. The van der Waals surface area contributed by atoms with E-state index in [1.807, 2.05) is 12.2 Å². The van der Waals surface area contributed by atoms with Crippen molar-refractivity contribution in [2.75, 3.05) is 0 Å². The predicted octanol–water partition coefficient (Wildman–Crippen LogP) is 12.2. The lowest BCUT2D eigenvalue weighted by Crippen LogP contribution is -2.47. The van der Waals surface area contributed by atoms with E-state index in [0.29, 0.717) is 0 Å². The lowest BCUT2D eigenvalue weighted by atomic mass is 10.0. The second kappa shape index (κ2) is 36.9. The van der Waals surface area contributed by atoms with Gasteiger partial charge in [0.1, 0.15) is 6.10 Å². The third kappa shape index (κ3) is 31.6. The Morgan fingerprint density at radius 1 is 0.478 bits per heavy atom. The summed E-state index contributed by atoms with van der Waals surface area (Å²) in [6.07, 6.45) is 46.6. The summed E-state index contributed by atoms with van der Waals surface area (Å²) in [5.41, 5.74) is 5.98. The molecular weight excluding hydrogens is 566 g/mol. The topological polar surface area (TPSA) is 83.6 Å². The van der Waals surface area contributed by atoms with Gasteiger partial charge in [-0.3, -0.25) is 4.79 Å². The van der Waals surface area contributed by atoms with Crippen LogP contribution in [0.15, 0.2) is 24.3 Å². The van der Waals surface area contributed by atoms with Crippen molar-refractivity contribution < 1.29 is 15.0 Å². The monoisotopic (exact) mass is 648 g/mol. The number of hydrogen-bond acceptors (Lipinski definition) is 4. The lowest BCUT2D eigenvalue weighted by molar-refractivity contribution is -0.124. The fourth-order valence-electron chi connectivity index (χ4n) is 6.31. The van der Waals surface area contributed by atoms with Gasteiger partial charge >= 0.3 is 0 Å². The van der Waals surface area contributed by atoms with Crippen LogP contribution < -0.4 is 5.73 Å². The van der Waals surface area contributed by atoms with Crippen molar-refractivity contribution in [1.29, 1.82) is 0 Å². The molecule has 3 atom stereocenters. The summed E-state index contributed by atoms with van der Waals surface area (Å²) >= 11 is 0. The van der Waals surface area contributed by atoms with Crippen molar-refractivity contribution in [3.05, 3.63) is 24.3 Å². The Bertz CT molecular complexity index is 676. The van der Waals surface area contributed by atoms with E-state index in [4.69, 9.17) is 5.73 Å². The van der Waals surface area contributed by atoms with Crippen LogP contribution in [0.1, 0.15) is 219 Å². The van der Waals surface area contributed by atoms with Gasteiger partial charge in [-0.2, -0.15) is 0 Å². The molecule has 0 aromatic carbocycles. The van der Waals surface area contributed by atoms with E-state index in [2.05, 4.69) is 13.8 Å².